The van der Waals surface area contributed by atoms with Gasteiger partial charge in [0, 0.05) is 11.3 Å². The predicted octanol–water partition coefficient (Wildman–Crippen LogP) is 2.44. The van der Waals surface area contributed by atoms with E-state index < -0.39 is 5.41 Å². The van der Waals surface area contributed by atoms with Gasteiger partial charge in [-0.1, -0.05) is 20.8 Å². The summed E-state index contributed by atoms with van der Waals surface area (Å²) in [5, 5.41) is 0. The van der Waals surface area contributed by atoms with Crippen molar-refractivity contribution in [3.63, 3.8) is 0 Å². The number of hydrogen-bond donors (Lipinski definition) is 0. The van der Waals surface area contributed by atoms with Crippen molar-refractivity contribution in [2.45, 2.75) is 40.5 Å². The second-order valence-corrected chi connectivity index (χ2v) is 5.98. The number of ether oxygens (including phenoxy) is 1. The average molecular weight is 238 g/mol. The summed E-state index contributed by atoms with van der Waals surface area (Å²) in [6, 6.07) is 0. The van der Waals surface area contributed by atoms with Crippen molar-refractivity contribution in [1.29, 1.82) is 0 Å². The first-order valence-electron chi connectivity index (χ1n) is 6.64. The van der Waals surface area contributed by atoms with Crippen LogP contribution in [0, 0.1) is 29.1 Å². The third kappa shape index (κ3) is 1.62. The van der Waals surface area contributed by atoms with E-state index in [1.165, 1.54) is 0 Å². The largest absolute Gasteiger partial charge is 0.466 e. The Morgan fingerprint density at radius 1 is 1.53 bits per heavy atom. The number of fused-ring (bicyclic) bond motifs is 2. The summed E-state index contributed by atoms with van der Waals surface area (Å²) in [5.74, 6) is 0.693. The standard InChI is InChI=1S/C14H22O3/c1-5-17-13(16)11-10-9(8(2)3)6-7-14(11,4)12(10)15/h8-11H,5-7H2,1-4H3/t9-,10+,11?,14-/m0/s1. The normalized spacial score (nSPS) is 40.1. The Hall–Kier alpha value is -0.860. The van der Waals surface area contributed by atoms with Crippen LogP contribution >= 0.6 is 0 Å². The summed E-state index contributed by atoms with van der Waals surface area (Å²) >= 11 is 0. The van der Waals surface area contributed by atoms with E-state index in [9.17, 15) is 9.59 Å². The van der Waals surface area contributed by atoms with E-state index >= 15 is 0 Å². The van der Waals surface area contributed by atoms with Crippen LogP contribution < -0.4 is 0 Å². The van der Waals surface area contributed by atoms with Crippen LogP contribution in [0.2, 0.25) is 0 Å². The van der Waals surface area contributed by atoms with E-state index in [-0.39, 0.29) is 17.8 Å². The van der Waals surface area contributed by atoms with E-state index in [1.54, 1.807) is 0 Å². The zero-order valence-electron chi connectivity index (χ0n) is 11.2. The summed E-state index contributed by atoms with van der Waals surface area (Å²) in [6.45, 7) is 8.43. The summed E-state index contributed by atoms with van der Waals surface area (Å²) in [5.41, 5.74) is -0.428. The number of carbonyl (C=O) groups is 2. The highest BCUT2D eigenvalue weighted by Crippen LogP contribution is 2.60. The van der Waals surface area contributed by atoms with Crippen molar-refractivity contribution >= 4 is 11.8 Å². The molecule has 3 nitrogen and oxygen atoms in total. The molecule has 3 aliphatic carbocycles. The van der Waals surface area contributed by atoms with E-state index in [0.717, 1.165) is 12.8 Å². The van der Waals surface area contributed by atoms with Gasteiger partial charge < -0.3 is 4.74 Å². The molecule has 0 aromatic rings. The molecule has 0 aliphatic heterocycles. The number of rotatable bonds is 3. The van der Waals surface area contributed by atoms with Gasteiger partial charge in [0.25, 0.3) is 0 Å². The molecule has 3 aliphatic rings. The lowest BCUT2D eigenvalue weighted by Gasteiger charge is -2.58. The molecule has 0 aromatic heterocycles. The van der Waals surface area contributed by atoms with Crippen LogP contribution in [0.15, 0.2) is 0 Å². The van der Waals surface area contributed by atoms with Gasteiger partial charge in [0.1, 0.15) is 5.78 Å². The molecule has 0 N–H and O–H groups in total. The molecule has 0 amide bonds. The first-order valence-corrected chi connectivity index (χ1v) is 6.64. The van der Waals surface area contributed by atoms with Crippen molar-refractivity contribution < 1.29 is 14.3 Å². The summed E-state index contributed by atoms with van der Waals surface area (Å²) in [6.07, 6.45) is 1.91. The maximum Gasteiger partial charge on any atom is 0.310 e. The molecule has 3 saturated carbocycles. The molecule has 4 atom stereocenters. The second kappa shape index (κ2) is 4.11. The first-order chi connectivity index (χ1) is 7.93. The number of esters is 1. The van der Waals surface area contributed by atoms with Gasteiger partial charge in [0.2, 0.25) is 0 Å². The van der Waals surface area contributed by atoms with Crippen LogP contribution in [0.1, 0.15) is 40.5 Å². The Kier molecular flexibility index (Phi) is 3.04. The molecule has 0 aromatic carbocycles. The van der Waals surface area contributed by atoms with Crippen molar-refractivity contribution in [2.75, 3.05) is 6.61 Å². The van der Waals surface area contributed by atoms with Crippen LogP contribution in [-0.4, -0.2) is 18.4 Å². The highest BCUT2D eigenvalue weighted by Gasteiger charge is 2.67. The Balaban J connectivity index is 2.22. The third-order valence-electron chi connectivity index (χ3n) is 4.77. The first kappa shape index (κ1) is 12.6. The van der Waals surface area contributed by atoms with Gasteiger partial charge in [-0.3, -0.25) is 9.59 Å². The Labute approximate surface area is 103 Å². The van der Waals surface area contributed by atoms with E-state index in [4.69, 9.17) is 4.74 Å². The maximum atomic E-state index is 12.2. The van der Waals surface area contributed by atoms with Gasteiger partial charge in [-0.25, -0.2) is 0 Å². The van der Waals surface area contributed by atoms with Gasteiger partial charge in [0.15, 0.2) is 0 Å². The minimum atomic E-state index is -0.428. The molecule has 17 heavy (non-hydrogen) atoms. The van der Waals surface area contributed by atoms with E-state index in [2.05, 4.69) is 13.8 Å². The van der Waals surface area contributed by atoms with E-state index in [1.807, 2.05) is 13.8 Å². The quantitative estimate of drug-likeness (QED) is 0.709. The van der Waals surface area contributed by atoms with Crippen molar-refractivity contribution in [2.24, 2.45) is 29.1 Å². The average Bonchev–Trinajstić information content (AvgIpc) is 2.27. The molecule has 1 unspecified atom stereocenters. The van der Waals surface area contributed by atoms with Gasteiger partial charge >= 0.3 is 5.97 Å². The van der Waals surface area contributed by atoms with Crippen LogP contribution in [0.4, 0.5) is 0 Å². The van der Waals surface area contributed by atoms with Crippen LogP contribution in [0.5, 0.6) is 0 Å². The second-order valence-electron chi connectivity index (χ2n) is 5.98. The molecule has 96 valence electrons. The number of carbonyl (C=O) groups excluding carboxylic acids is 2. The summed E-state index contributed by atoms with van der Waals surface area (Å²) < 4.78 is 5.13. The minimum absolute atomic E-state index is 0.0761. The summed E-state index contributed by atoms with van der Waals surface area (Å²) in [7, 11) is 0. The van der Waals surface area contributed by atoms with Gasteiger partial charge in [0.05, 0.1) is 12.5 Å². The topological polar surface area (TPSA) is 43.4 Å². The monoisotopic (exact) mass is 238 g/mol. The molecule has 0 heterocycles. The fraction of sp³-hybridized carbons (Fsp3) is 0.857. The van der Waals surface area contributed by atoms with Crippen LogP contribution in [0.3, 0.4) is 0 Å². The van der Waals surface area contributed by atoms with Crippen molar-refractivity contribution in [3.05, 3.63) is 0 Å². The molecular formula is C14H22O3. The lowest BCUT2D eigenvalue weighted by Crippen LogP contribution is -2.65. The molecule has 0 radical (unpaired) electrons. The van der Waals surface area contributed by atoms with Crippen molar-refractivity contribution in [1.82, 2.24) is 0 Å². The molecule has 3 rings (SSSR count). The van der Waals surface area contributed by atoms with Gasteiger partial charge in [-0.05, 0) is 31.6 Å². The molecule has 0 spiro atoms. The zero-order chi connectivity index (χ0) is 12.8. The van der Waals surface area contributed by atoms with E-state index in [0.29, 0.717) is 24.2 Å². The zero-order valence-corrected chi connectivity index (χ0v) is 11.2. The third-order valence-corrected chi connectivity index (χ3v) is 4.77. The highest BCUT2D eigenvalue weighted by atomic mass is 16.5. The van der Waals surface area contributed by atoms with Gasteiger partial charge in [-0.2, -0.15) is 0 Å². The van der Waals surface area contributed by atoms with Crippen LogP contribution in [0.25, 0.3) is 0 Å². The Morgan fingerprint density at radius 3 is 2.65 bits per heavy atom. The fourth-order valence-corrected chi connectivity index (χ4v) is 3.74. The smallest absolute Gasteiger partial charge is 0.310 e. The summed E-state index contributed by atoms with van der Waals surface area (Å²) in [4.78, 5) is 24.2. The highest BCUT2D eigenvalue weighted by molar-refractivity contribution is 6.02. The lowest BCUT2D eigenvalue weighted by atomic mass is 9.43. The fourth-order valence-electron chi connectivity index (χ4n) is 3.74. The number of ketones is 1. The minimum Gasteiger partial charge on any atom is -0.466 e. The molecule has 2 bridgehead atoms. The Bertz CT molecular complexity index is 347. The van der Waals surface area contributed by atoms with Crippen molar-refractivity contribution in [3.8, 4) is 0 Å². The SMILES string of the molecule is CCOC(=O)C1[C@@H]2C(=O)[C@@]1(C)CC[C@H]2C(C)C. The number of Topliss-reactive ketones (excluding diaryl/α,β-unsaturated/α-hetero) is 1. The molecular weight excluding hydrogens is 216 g/mol. The predicted molar refractivity (Wildman–Crippen MR) is 64.3 cm³/mol. The lowest BCUT2D eigenvalue weighted by molar-refractivity contribution is -0.190. The maximum absolute atomic E-state index is 12.2. The van der Waals surface area contributed by atoms with Gasteiger partial charge in [-0.15, -0.1) is 0 Å². The van der Waals surface area contributed by atoms with Crippen LogP contribution in [-0.2, 0) is 14.3 Å². The molecule has 3 heteroatoms. The molecule has 3 fully saturated rings. The molecule has 0 saturated heterocycles. The Morgan fingerprint density at radius 2 is 2.18 bits per heavy atom. The number of hydrogen-bond acceptors (Lipinski definition) is 3.